The topological polar surface area (TPSA) is 110 Å². The van der Waals surface area contributed by atoms with E-state index >= 15 is 0 Å². The third-order valence-electron chi connectivity index (χ3n) is 3.21. The number of methoxy groups -OCH3 is 1. The van der Waals surface area contributed by atoms with Gasteiger partial charge in [0.25, 0.3) is 10.1 Å². The van der Waals surface area contributed by atoms with Crippen molar-refractivity contribution < 1.29 is 32.3 Å². The van der Waals surface area contributed by atoms with Crippen molar-refractivity contribution in [1.82, 2.24) is 0 Å². The van der Waals surface area contributed by atoms with E-state index in [1.54, 1.807) is 19.2 Å². The maximum absolute atomic E-state index is 11.7. The van der Waals surface area contributed by atoms with E-state index in [4.69, 9.17) is 14.0 Å². The molecule has 2 aromatic carbocycles. The predicted molar refractivity (Wildman–Crippen MR) is 85.7 cm³/mol. The Kier molecular flexibility index (Phi) is 5.55. The molecule has 0 radical (unpaired) electrons. The second-order valence-corrected chi connectivity index (χ2v) is 6.37. The minimum atomic E-state index is -4.85. The molecule has 0 spiro atoms. The van der Waals surface area contributed by atoms with Crippen molar-refractivity contribution in [2.24, 2.45) is 0 Å². The monoisotopic (exact) mass is 352 g/mol. The van der Waals surface area contributed by atoms with Crippen molar-refractivity contribution in [2.45, 2.75) is 12.0 Å². The second-order valence-electron chi connectivity index (χ2n) is 4.89. The maximum atomic E-state index is 11.7. The molecule has 2 aromatic rings. The Balaban J connectivity index is 2.00. The van der Waals surface area contributed by atoms with Crippen LogP contribution in [0.15, 0.2) is 48.5 Å². The fourth-order valence-corrected chi connectivity index (χ4v) is 2.29. The van der Waals surface area contributed by atoms with Crippen LogP contribution in [0.2, 0.25) is 0 Å². The molecule has 0 aliphatic carbocycles. The van der Waals surface area contributed by atoms with Gasteiger partial charge in [0, 0.05) is 5.56 Å². The Morgan fingerprint density at radius 3 is 2.08 bits per heavy atom. The zero-order valence-corrected chi connectivity index (χ0v) is 13.6. The number of ketones is 1. The van der Waals surface area contributed by atoms with Crippen LogP contribution >= 0.6 is 0 Å². The van der Waals surface area contributed by atoms with Crippen molar-refractivity contribution in [1.29, 1.82) is 0 Å². The molecule has 0 aliphatic heterocycles. The molecule has 0 aromatic heterocycles. The summed E-state index contributed by atoms with van der Waals surface area (Å²) in [5.41, 5.74) is -1.64. The first-order valence-corrected chi connectivity index (χ1v) is 8.36. The number of Topliss-reactive ketones (excluding diaryl/α,β-unsaturated/α-hetero) is 1. The average Bonchev–Trinajstić information content (AvgIpc) is 2.58. The molecule has 0 fully saturated rings. The minimum absolute atomic E-state index is 0.0584. The van der Waals surface area contributed by atoms with Gasteiger partial charge in [-0.25, -0.2) is 0 Å². The summed E-state index contributed by atoms with van der Waals surface area (Å²) < 4.78 is 40.8. The number of aliphatic hydroxyl groups is 1. The summed E-state index contributed by atoms with van der Waals surface area (Å²) in [6.07, 6.45) is 0. The van der Waals surface area contributed by atoms with Crippen LogP contribution in [0.1, 0.15) is 15.9 Å². The van der Waals surface area contributed by atoms with Crippen LogP contribution in [0.5, 0.6) is 11.5 Å². The summed E-state index contributed by atoms with van der Waals surface area (Å²) in [6, 6.07) is 12.8. The van der Waals surface area contributed by atoms with Crippen LogP contribution in [-0.4, -0.2) is 36.4 Å². The van der Waals surface area contributed by atoms with Gasteiger partial charge in [0.2, 0.25) is 11.2 Å². The third kappa shape index (κ3) is 4.54. The molecule has 0 saturated heterocycles. The highest BCUT2D eigenvalue weighted by Gasteiger charge is 2.29. The molecule has 0 saturated carbocycles. The molecular formula is C16H16O7S. The van der Waals surface area contributed by atoms with Crippen molar-refractivity contribution in [3.05, 3.63) is 59.7 Å². The van der Waals surface area contributed by atoms with Gasteiger partial charge in [0.15, 0.2) is 0 Å². The number of aliphatic hydroxyl groups excluding tert-OH is 1. The number of rotatable bonds is 7. The Labute approximate surface area is 139 Å². The number of benzene rings is 2. The fourth-order valence-electron chi connectivity index (χ4n) is 1.88. The number of ether oxygens (including phenoxy) is 2. The van der Waals surface area contributed by atoms with Crippen molar-refractivity contribution in [3.8, 4) is 11.5 Å². The lowest BCUT2D eigenvalue weighted by molar-refractivity contribution is 0.0848. The van der Waals surface area contributed by atoms with Crippen LogP contribution in [-0.2, 0) is 16.7 Å². The summed E-state index contributed by atoms with van der Waals surface area (Å²) in [5, 5.41) is 9.24. The normalized spacial score (nSPS) is 12.5. The highest BCUT2D eigenvalue weighted by molar-refractivity contribution is 7.87. The molecule has 0 aliphatic rings. The van der Waals surface area contributed by atoms with Gasteiger partial charge < -0.3 is 14.6 Å². The van der Waals surface area contributed by atoms with Gasteiger partial charge in [-0.2, -0.15) is 8.42 Å². The Morgan fingerprint density at radius 2 is 1.58 bits per heavy atom. The van der Waals surface area contributed by atoms with Gasteiger partial charge in [0.1, 0.15) is 18.1 Å². The second kappa shape index (κ2) is 7.43. The van der Waals surface area contributed by atoms with Gasteiger partial charge in [-0.3, -0.25) is 9.35 Å². The number of hydrogen-bond donors (Lipinski definition) is 2. The first kappa shape index (κ1) is 17.9. The molecule has 128 valence electrons. The van der Waals surface area contributed by atoms with Gasteiger partial charge in [-0.1, -0.05) is 12.1 Å². The molecule has 1 unspecified atom stereocenters. The van der Waals surface area contributed by atoms with Gasteiger partial charge in [-0.15, -0.1) is 0 Å². The first-order chi connectivity index (χ1) is 11.3. The van der Waals surface area contributed by atoms with E-state index in [9.17, 15) is 18.3 Å². The minimum Gasteiger partial charge on any atom is -0.497 e. The summed E-state index contributed by atoms with van der Waals surface area (Å²) in [6.45, 7) is 0.297. The van der Waals surface area contributed by atoms with Crippen LogP contribution in [0.3, 0.4) is 0 Å². The molecule has 7 nitrogen and oxygen atoms in total. The molecule has 0 heterocycles. The van der Waals surface area contributed by atoms with Gasteiger partial charge >= 0.3 is 0 Å². The molecule has 24 heavy (non-hydrogen) atoms. The van der Waals surface area contributed by atoms with Crippen molar-refractivity contribution in [2.75, 3.05) is 7.11 Å². The van der Waals surface area contributed by atoms with E-state index < -0.39 is 21.3 Å². The smallest absolute Gasteiger partial charge is 0.299 e. The summed E-state index contributed by atoms with van der Waals surface area (Å²) in [5.74, 6) is 0.0851. The molecule has 8 heteroatoms. The van der Waals surface area contributed by atoms with E-state index in [-0.39, 0.29) is 5.56 Å². The molecule has 0 bridgehead atoms. The van der Waals surface area contributed by atoms with Crippen LogP contribution in [0.4, 0.5) is 0 Å². The third-order valence-corrected chi connectivity index (χ3v) is 3.99. The highest BCUT2D eigenvalue weighted by Crippen LogP contribution is 2.17. The zero-order chi connectivity index (χ0) is 17.7. The van der Waals surface area contributed by atoms with E-state index in [1.807, 2.05) is 12.1 Å². The SMILES string of the molecule is COc1ccc(COc2ccc(C(=O)C(O)S(=O)(=O)O)cc2)cc1. The first-order valence-electron chi connectivity index (χ1n) is 6.85. The standard InChI is InChI=1S/C16H16O7S/c1-22-13-6-2-11(3-7-13)10-23-14-8-4-12(5-9-14)15(17)16(18)24(19,20)21/h2-9,16,18H,10H2,1H3,(H,19,20,21). The Bertz CT molecular complexity index is 795. The lowest BCUT2D eigenvalue weighted by Crippen LogP contribution is -2.29. The number of carbonyl (C=O) groups is 1. The molecule has 2 N–H and O–H groups in total. The quantitative estimate of drug-likeness (QED) is 0.576. The highest BCUT2D eigenvalue weighted by atomic mass is 32.2. The molecule has 0 amide bonds. The van der Waals surface area contributed by atoms with E-state index in [1.165, 1.54) is 24.3 Å². The molecule has 2 rings (SSSR count). The zero-order valence-electron chi connectivity index (χ0n) is 12.7. The van der Waals surface area contributed by atoms with Crippen LogP contribution < -0.4 is 9.47 Å². The number of carbonyl (C=O) groups excluding carboxylic acids is 1. The molecule has 1 atom stereocenters. The fraction of sp³-hybridized carbons (Fsp3) is 0.188. The summed E-state index contributed by atoms with van der Waals surface area (Å²) >= 11 is 0. The van der Waals surface area contributed by atoms with E-state index in [0.29, 0.717) is 12.4 Å². The lowest BCUT2D eigenvalue weighted by atomic mass is 10.1. The predicted octanol–water partition coefficient (Wildman–Crippen LogP) is 1.66. The van der Waals surface area contributed by atoms with E-state index in [0.717, 1.165) is 11.3 Å². The van der Waals surface area contributed by atoms with Crippen LogP contribution in [0.25, 0.3) is 0 Å². The summed E-state index contributed by atoms with van der Waals surface area (Å²) in [4.78, 5) is 11.7. The van der Waals surface area contributed by atoms with Gasteiger partial charge in [-0.05, 0) is 42.0 Å². The number of hydrogen-bond acceptors (Lipinski definition) is 6. The van der Waals surface area contributed by atoms with E-state index in [2.05, 4.69) is 0 Å². The maximum Gasteiger partial charge on any atom is 0.299 e. The van der Waals surface area contributed by atoms with Crippen molar-refractivity contribution >= 4 is 15.9 Å². The Morgan fingerprint density at radius 1 is 1.04 bits per heavy atom. The Hall–Kier alpha value is -2.42. The lowest BCUT2D eigenvalue weighted by Gasteiger charge is -2.09. The van der Waals surface area contributed by atoms with Gasteiger partial charge in [0.05, 0.1) is 7.11 Å². The molecular weight excluding hydrogens is 336 g/mol. The summed E-state index contributed by atoms with van der Waals surface area (Å²) in [7, 11) is -3.27. The van der Waals surface area contributed by atoms with Crippen LogP contribution in [0, 0.1) is 0 Å². The van der Waals surface area contributed by atoms with Crippen molar-refractivity contribution in [3.63, 3.8) is 0 Å². The largest absolute Gasteiger partial charge is 0.497 e. The average molecular weight is 352 g/mol.